The zero-order valence-corrected chi connectivity index (χ0v) is 13.8. The molecule has 0 bridgehead atoms. The number of benzene rings is 1. The Kier molecular flexibility index (Phi) is 8.76. The van der Waals surface area contributed by atoms with Gasteiger partial charge in [-0.1, -0.05) is 33.7 Å². The lowest BCUT2D eigenvalue weighted by molar-refractivity contribution is -0.136. The fourth-order valence-corrected chi connectivity index (χ4v) is 3.29. The van der Waals surface area contributed by atoms with E-state index < -0.39 is 11.8 Å². The minimum atomic E-state index is -0.818. The predicted molar refractivity (Wildman–Crippen MR) is 86.8 cm³/mol. The maximum absolute atomic E-state index is 13.6. The number of ether oxygens (including phenoxy) is 1. The number of amides is 1. The Bertz CT molecular complexity index is 514. The minimum absolute atomic E-state index is 0.0637. The van der Waals surface area contributed by atoms with E-state index >= 15 is 0 Å². The monoisotopic (exact) mass is 347 g/mol. The summed E-state index contributed by atoms with van der Waals surface area (Å²) in [6.45, 7) is 1.84. The Balaban J connectivity index is 2.11. The minimum Gasteiger partial charge on any atom is -0.481 e. The Labute approximate surface area is 136 Å². The van der Waals surface area contributed by atoms with E-state index in [0.29, 0.717) is 23.6 Å². The quantitative estimate of drug-likeness (QED) is 0.500. The molecule has 1 amide bonds. The zero-order chi connectivity index (χ0) is 16.4. The van der Waals surface area contributed by atoms with E-state index in [0.717, 1.165) is 0 Å². The van der Waals surface area contributed by atoms with Crippen LogP contribution in [0, 0.1) is 12.7 Å². The lowest BCUT2D eigenvalue weighted by atomic mass is 10.2. The Morgan fingerprint density at radius 1 is 1.32 bits per heavy atom. The van der Waals surface area contributed by atoms with Crippen molar-refractivity contribution in [2.45, 2.75) is 13.3 Å². The molecule has 122 valence electrons. The van der Waals surface area contributed by atoms with Crippen molar-refractivity contribution in [1.29, 1.82) is 0 Å². The number of hydrogen-bond donors (Lipinski definition) is 2. The molecule has 1 aromatic rings. The second kappa shape index (κ2) is 10.3. The van der Waals surface area contributed by atoms with E-state index in [2.05, 4.69) is 5.32 Å². The number of carboxylic acid groups (broad SMARTS) is 1. The number of aryl methyl sites for hydroxylation is 1. The molecular formula is C14H18FNO4S2. The summed E-state index contributed by atoms with van der Waals surface area (Å²) < 4.78 is 18.8. The van der Waals surface area contributed by atoms with Crippen LogP contribution in [0.2, 0.25) is 0 Å². The van der Waals surface area contributed by atoms with Crippen molar-refractivity contribution in [1.82, 2.24) is 5.32 Å². The van der Waals surface area contributed by atoms with Crippen LogP contribution in [0.4, 0.5) is 4.39 Å². The summed E-state index contributed by atoms with van der Waals surface area (Å²) >= 11 is 0. The molecule has 5 nitrogen and oxygen atoms in total. The molecule has 0 fully saturated rings. The molecule has 8 heteroatoms. The smallest absolute Gasteiger partial charge is 0.304 e. The number of aliphatic carboxylic acids is 1. The highest BCUT2D eigenvalue weighted by Crippen LogP contribution is 2.21. The topological polar surface area (TPSA) is 75.6 Å². The Hall–Kier alpha value is -1.41. The van der Waals surface area contributed by atoms with Crippen molar-refractivity contribution in [3.63, 3.8) is 0 Å². The third kappa shape index (κ3) is 7.56. The first-order valence-electron chi connectivity index (χ1n) is 6.61. The third-order valence-electron chi connectivity index (χ3n) is 2.51. The Morgan fingerprint density at radius 2 is 2.05 bits per heavy atom. The molecule has 0 spiro atoms. The summed E-state index contributed by atoms with van der Waals surface area (Å²) in [6, 6.07) is 4.77. The average Bonchev–Trinajstić information content (AvgIpc) is 2.47. The van der Waals surface area contributed by atoms with Gasteiger partial charge in [0.1, 0.15) is 0 Å². The summed E-state index contributed by atoms with van der Waals surface area (Å²) in [7, 11) is 2.94. The number of carbonyl (C=O) groups is 2. The lowest BCUT2D eigenvalue weighted by Crippen LogP contribution is -2.30. The zero-order valence-electron chi connectivity index (χ0n) is 12.1. The maximum Gasteiger partial charge on any atom is 0.304 e. The fraction of sp³-hybridized carbons (Fsp3) is 0.429. The van der Waals surface area contributed by atoms with Crippen molar-refractivity contribution in [3.8, 4) is 5.75 Å². The number of carboxylic acids is 1. The largest absolute Gasteiger partial charge is 0.481 e. The van der Waals surface area contributed by atoms with E-state index in [9.17, 15) is 14.0 Å². The Morgan fingerprint density at radius 3 is 2.77 bits per heavy atom. The molecule has 0 saturated heterocycles. The maximum atomic E-state index is 13.6. The standard InChI is InChI=1S/C14H18FNO4S2/c1-10-3-2-4-11(14(10)15)20-9-12(17)16-6-8-22-21-7-5-13(18)19/h2-4H,5-9H2,1H3,(H,16,17)(H,18,19). The highest BCUT2D eigenvalue weighted by atomic mass is 33.1. The molecule has 0 atom stereocenters. The number of hydrogen-bond acceptors (Lipinski definition) is 5. The van der Waals surface area contributed by atoms with Gasteiger partial charge < -0.3 is 15.2 Å². The number of halogens is 1. The van der Waals surface area contributed by atoms with Gasteiger partial charge in [-0.25, -0.2) is 4.39 Å². The first-order chi connectivity index (χ1) is 10.5. The van der Waals surface area contributed by atoms with Gasteiger partial charge >= 0.3 is 5.97 Å². The molecule has 0 radical (unpaired) electrons. The van der Waals surface area contributed by atoms with Crippen LogP contribution in [0.1, 0.15) is 12.0 Å². The summed E-state index contributed by atoms with van der Waals surface area (Å²) in [5.41, 5.74) is 0.465. The normalized spacial score (nSPS) is 10.3. The van der Waals surface area contributed by atoms with Crippen LogP contribution in [-0.4, -0.2) is 41.6 Å². The van der Waals surface area contributed by atoms with E-state index in [4.69, 9.17) is 9.84 Å². The van der Waals surface area contributed by atoms with Gasteiger partial charge in [0.2, 0.25) is 0 Å². The third-order valence-corrected chi connectivity index (χ3v) is 4.91. The van der Waals surface area contributed by atoms with Crippen LogP contribution in [0.5, 0.6) is 5.75 Å². The van der Waals surface area contributed by atoms with E-state index in [1.807, 2.05) is 0 Å². The summed E-state index contributed by atoms with van der Waals surface area (Å²) in [6.07, 6.45) is 0.125. The second-order valence-corrected chi connectivity index (χ2v) is 7.02. The molecule has 0 aliphatic carbocycles. The molecule has 0 aromatic heterocycles. The van der Waals surface area contributed by atoms with Crippen LogP contribution < -0.4 is 10.1 Å². The van der Waals surface area contributed by atoms with Gasteiger partial charge in [0.05, 0.1) is 6.42 Å². The molecule has 0 aliphatic heterocycles. The van der Waals surface area contributed by atoms with Crippen LogP contribution in [0.15, 0.2) is 18.2 Å². The molecule has 1 aromatic carbocycles. The van der Waals surface area contributed by atoms with Crippen LogP contribution >= 0.6 is 21.6 Å². The van der Waals surface area contributed by atoms with Gasteiger partial charge in [-0.2, -0.15) is 0 Å². The van der Waals surface area contributed by atoms with Crippen molar-refractivity contribution >= 4 is 33.5 Å². The van der Waals surface area contributed by atoms with Gasteiger partial charge in [-0.15, -0.1) is 0 Å². The van der Waals surface area contributed by atoms with Crippen LogP contribution in [-0.2, 0) is 9.59 Å². The average molecular weight is 347 g/mol. The number of rotatable bonds is 10. The van der Waals surface area contributed by atoms with E-state index in [1.165, 1.54) is 27.7 Å². The summed E-state index contributed by atoms with van der Waals surface area (Å²) in [4.78, 5) is 21.8. The highest BCUT2D eigenvalue weighted by molar-refractivity contribution is 8.76. The van der Waals surface area contributed by atoms with Gasteiger partial charge in [0.25, 0.3) is 5.91 Å². The van der Waals surface area contributed by atoms with Crippen molar-refractivity contribution < 1.29 is 23.8 Å². The van der Waals surface area contributed by atoms with Gasteiger partial charge in [0, 0.05) is 18.1 Å². The first-order valence-corrected chi connectivity index (χ1v) is 9.10. The molecular weight excluding hydrogens is 329 g/mol. The van der Waals surface area contributed by atoms with Gasteiger partial charge in [0.15, 0.2) is 18.2 Å². The number of carbonyl (C=O) groups excluding carboxylic acids is 1. The van der Waals surface area contributed by atoms with E-state index in [1.54, 1.807) is 19.1 Å². The van der Waals surface area contributed by atoms with E-state index in [-0.39, 0.29) is 24.7 Å². The van der Waals surface area contributed by atoms with Crippen molar-refractivity contribution in [2.24, 2.45) is 0 Å². The van der Waals surface area contributed by atoms with Crippen molar-refractivity contribution in [2.75, 3.05) is 24.7 Å². The predicted octanol–water partition coefficient (Wildman–Crippen LogP) is 2.49. The molecule has 1 rings (SSSR count). The molecule has 22 heavy (non-hydrogen) atoms. The van der Waals surface area contributed by atoms with Crippen molar-refractivity contribution in [3.05, 3.63) is 29.6 Å². The summed E-state index contributed by atoms with van der Waals surface area (Å²) in [5, 5.41) is 11.1. The first kappa shape index (κ1) is 18.6. The second-order valence-electron chi connectivity index (χ2n) is 4.31. The summed E-state index contributed by atoms with van der Waals surface area (Å²) in [5.74, 6) is -0.341. The molecule has 0 saturated carbocycles. The van der Waals surface area contributed by atoms with Crippen LogP contribution in [0.3, 0.4) is 0 Å². The highest BCUT2D eigenvalue weighted by Gasteiger charge is 2.08. The molecule has 0 heterocycles. The molecule has 0 unspecified atom stereocenters. The molecule has 2 N–H and O–H groups in total. The SMILES string of the molecule is Cc1cccc(OCC(=O)NCCSSCCC(=O)O)c1F. The van der Waals surface area contributed by atoms with Crippen LogP contribution in [0.25, 0.3) is 0 Å². The lowest BCUT2D eigenvalue weighted by Gasteiger charge is -2.09. The van der Waals surface area contributed by atoms with Gasteiger partial charge in [-0.3, -0.25) is 9.59 Å². The van der Waals surface area contributed by atoms with Gasteiger partial charge in [-0.05, 0) is 18.6 Å². The fourth-order valence-electron chi connectivity index (χ4n) is 1.41. The molecule has 0 aliphatic rings. The number of nitrogens with one attached hydrogen (secondary N) is 1.